The fourth-order valence-corrected chi connectivity index (χ4v) is 0.956. The molecule has 4 nitrogen and oxygen atoms in total. The van der Waals surface area contributed by atoms with Crippen molar-refractivity contribution in [2.24, 2.45) is 5.73 Å². The molecule has 0 radical (unpaired) electrons. The third kappa shape index (κ3) is 2.74. The molecule has 0 aliphatic carbocycles. The zero-order valence-electron chi connectivity index (χ0n) is 7.74. The maximum absolute atomic E-state index is 10.7. The van der Waals surface area contributed by atoms with Crippen LogP contribution in [0.4, 0.5) is 5.69 Å². The first-order chi connectivity index (χ1) is 6.09. The number of primary amides is 1. The fourth-order valence-electron chi connectivity index (χ4n) is 0.956. The maximum Gasteiger partial charge on any atom is 0.239 e. The molecule has 1 aromatic heterocycles. The topological polar surface area (TPSA) is 68.0 Å². The van der Waals surface area contributed by atoms with Crippen molar-refractivity contribution in [3.63, 3.8) is 0 Å². The number of aromatic nitrogens is 1. The van der Waals surface area contributed by atoms with E-state index in [1.165, 1.54) is 0 Å². The van der Waals surface area contributed by atoms with Gasteiger partial charge in [0.1, 0.15) is 6.04 Å². The average Bonchev–Trinajstić information content (AvgIpc) is 2.04. The first-order valence-corrected chi connectivity index (χ1v) is 4.08. The number of nitrogens with zero attached hydrogens (tertiary/aromatic N) is 1. The molecule has 1 unspecified atom stereocenters. The summed E-state index contributed by atoms with van der Waals surface area (Å²) in [5.74, 6) is -0.366. The Bertz CT molecular complexity index is 311. The van der Waals surface area contributed by atoms with Crippen LogP contribution in [-0.4, -0.2) is 16.9 Å². The number of aryl methyl sites for hydroxylation is 1. The van der Waals surface area contributed by atoms with Crippen molar-refractivity contribution in [1.82, 2.24) is 4.98 Å². The number of anilines is 1. The molecule has 0 bridgehead atoms. The molecule has 4 heteroatoms. The highest BCUT2D eigenvalue weighted by Crippen LogP contribution is 2.08. The number of nitrogens with two attached hydrogens (primary N) is 1. The molecular weight excluding hydrogens is 166 g/mol. The van der Waals surface area contributed by atoms with Gasteiger partial charge in [0, 0.05) is 17.6 Å². The predicted octanol–water partition coefficient (Wildman–Crippen LogP) is 0.676. The number of nitrogens with one attached hydrogen (secondary N) is 1. The molecule has 0 aliphatic rings. The largest absolute Gasteiger partial charge is 0.374 e. The van der Waals surface area contributed by atoms with Crippen molar-refractivity contribution in [1.29, 1.82) is 0 Å². The summed E-state index contributed by atoms with van der Waals surface area (Å²) < 4.78 is 0. The SMILES string of the molecule is Cc1cc(NC(C)C(N)=O)ccn1. The fraction of sp³-hybridized carbons (Fsp3) is 0.333. The zero-order valence-corrected chi connectivity index (χ0v) is 7.74. The van der Waals surface area contributed by atoms with E-state index in [0.29, 0.717) is 0 Å². The van der Waals surface area contributed by atoms with Gasteiger partial charge in [0.25, 0.3) is 0 Å². The van der Waals surface area contributed by atoms with Crippen LogP contribution in [0.3, 0.4) is 0 Å². The second-order valence-corrected chi connectivity index (χ2v) is 2.95. The minimum absolute atomic E-state index is 0.359. The lowest BCUT2D eigenvalue weighted by atomic mass is 10.2. The summed E-state index contributed by atoms with van der Waals surface area (Å²) >= 11 is 0. The van der Waals surface area contributed by atoms with Crippen molar-refractivity contribution in [2.45, 2.75) is 19.9 Å². The number of hydrogen-bond donors (Lipinski definition) is 2. The number of carbonyl (C=O) groups excluding carboxylic acids is 1. The molecule has 1 heterocycles. The van der Waals surface area contributed by atoms with Gasteiger partial charge in [-0.2, -0.15) is 0 Å². The first kappa shape index (κ1) is 9.51. The van der Waals surface area contributed by atoms with Crippen molar-refractivity contribution >= 4 is 11.6 Å². The Morgan fingerprint density at radius 1 is 1.69 bits per heavy atom. The van der Waals surface area contributed by atoms with Crippen LogP contribution in [0.1, 0.15) is 12.6 Å². The van der Waals surface area contributed by atoms with E-state index in [9.17, 15) is 4.79 Å². The van der Waals surface area contributed by atoms with E-state index in [4.69, 9.17) is 5.73 Å². The van der Waals surface area contributed by atoms with Gasteiger partial charge in [-0.15, -0.1) is 0 Å². The van der Waals surface area contributed by atoms with E-state index in [2.05, 4.69) is 10.3 Å². The summed E-state index contributed by atoms with van der Waals surface area (Å²) in [6.45, 7) is 3.61. The second kappa shape index (κ2) is 3.89. The van der Waals surface area contributed by atoms with Crippen LogP contribution < -0.4 is 11.1 Å². The molecular formula is C9H13N3O. The smallest absolute Gasteiger partial charge is 0.239 e. The summed E-state index contributed by atoms with van der Waals surface area (Å²) in [7, 11) is 0. The molecule has 0 saturated heterocycles. The van der Waals surface area contributed by atoms with Crippen LogP contribution in [0.25, 0.3) is 0 Å². The van der Waals surface area contributed by atoms with Gasteiger partial charge in [-0.25, -0.2) is 0 Å². The Morgan fingerprint density at radius 2 is 2.38 bits per heavy atom. The van der Waals surface area contributed by atoms with E-state index >= 15 is 0 Å². The van der Waals surface area contributed by atoms with Crippen LogP contribution >= 0.6 is 0 Å². The van der Waals surface area contributed by atoms with Crippen molar-refractivity contribution in [2.75, 3.05) is 5.32 Å². The van der Waals surface area contributed by atoms with Gasteiger partial charge in [-0.3, -0.25) is 9.78 Å². The molecule has 3 N–H and O–H groups in total. The van der Waals surface area contributed by atoms with E-state index in [1.54, 1.807) is 19.2 Å². The van der Waals surface area contributed by atoms with E-state index in [1.807, 2.05) is 13.0 Å². The summed E-state index contributed by atoms with van der Waals surface area (Å²) in [4.78, 5) is 14.8. The lowest BCUT2D eigenvalue weighted by Gasteiger charge is -2.11. The molecule has 1 amide bonds. The number of rotatable bonds is 3. The molecule has 1 rings (SSSR count). The molecule has 13 heavy (non-hydrogen) atoms. The summed E-state index contributed by atoms with van der Waals surface area (Å²) in [6, 6.07) is 3.30. The van der Waals surface area contributed by atoms with Gasteiger partial charge >= 0.3 is 0 Å². The Hall–Kier alpha value is -1.58. The van der Waals surface area contributed by atoms with Gasteiger partial charge in [0.15, 0.2) is 0 Å². The van der Waals surface area contributed by atoms with Crippen LogP contribution in [0.15, 0.2) is 18.3 Å². The molecule has 0 spiro atoms. The van der Waals surface area contributed by atoms with Crippen molar-refractivity contribution in [3.8, 4) is 0 Å². The standard InChI is InChI=1S/C9H13N3O/c1-6-5-8(3-4-11-6)12-7(2)9(10)13/h3-5,7H,1-2H3,(H2,10,13)(H,11,12). The third-order valence-corrected chi connectivity index (χ3v) is 1.71. The molecule has 70 valence electrons. The van der Waals surface area contributed by atoms with E-state index in [0.717, 1.165) is 11.4 Å². The summed E-state index contributed by atoms with van der Waals surface area (Å²) in [6.07, 6.45) is 1.69. The van der Waals surface area contributed by atoms with Gasteiger partial charge in [0.05, 0.1) is 0 Å². The van der Waals surface area contributed by atoms with E-state index in [-0.39, 0.29) is 11.9 Å². The molecule has 0 fully saturated rings. The van der Waals surface area contributed by atoms with Gasteiger partial charge in [-0.1, -0.05) is 0 Å². The average molecular weight is 179 g/mol. The Balaban J connectivity index is 2.69. The zero-order chi connectivity index (χ0) is 9.84. The minimum atomic E-state index is -0.366. The Kier molecular flexibility index (Phi) is 2.84. The number of hydrogen-bond acceptors (Lipinski definition) is 3. The highest BCUT2D eigenvalue weighted by Gasteiger charge is 2.07. The van der Waals surface area contributed by atoms with Crippen LogP contribution in [0.2, 0.25) is 0 Å². The molecule has 1 atom stereocenters. The Labute approximate surface area is 77.2 Å². The quantitative estimate of drug-likeness (QED) is 0.716. The monoisotopic (exact) mass is 179 g/mol. The van der Waals surface area contributed by atoms with Crippen molar-refractivity contribution in [3.05, 3.63) is 24.0 Å². The lowest BCUT2D eigenvalue weighted by Crippen LogP contribution is -2.32. The highest BCUT2D eigenvalue weighted by atomic mass is 16.1. The highest BCUT2D eigenvalue weighted by molar-refractivity contribution is 5.82. The third-order valence-electron chi connectivity index (χ3n) is 1.71. The maximum atomic E-state index is 10.7. The van der Waals surface area contributed by atoms with Gasteiger partial charge < -0.3 is 11.1 Å². The van der Waals surface area contributed by atoms with Crippen molar-refractivity contribution < 1.29 is 4.79 Å². The Morgan fingerprint density at radius 3 is 2.92 bits per heavy atom. The van der Waals surface area contributed by atoms with Gasteiger partial charge in [0.2, 0.25) is 5.91 Å². The lowest BCUT2D eigenvalue weighted by molar-refractivity contribution is -0.118. The predicted molar refractivity (Wildman–Crippen MR) is 51.3 cm³/mol. The molecule has 0 aliphatic heterocycles. The number of pyridine rings is 1. The van der Waals surface area contributed by atoms with Crippen LogP contribution in [-0.2, 0) is 4.79 Å². The molecule has 0 aromatic carbocycles. The normalized spacial score (nSPS) is 12.2. The summed E-state index contributed by atoms with van der Waals surface area (Å²) in [5, 5.41) is 2.97. The minimum Gasteiger partial charge on any atom is -0.374 e. The first-order valence-electron chi connectivity index (χ1n) is 4.08. The molecule has 1 aromatic rings. The molecule has 0 saturated carbocycles. The van der Waals surface area contributed by atoms with E-state index < -0.39 is 0 Å². The number of carbonyl (C=O) groups is 1. The second-order valence-electron chi connectivity index (χ2n) is 2.95. The van der Waals surface area contributed by atoms with Crippen LogP contribution in [0, 0.1) is 6.92 Å². The van der Waals surface area contributed by atoms with Gasteiger partial charge in [-0.05, 0) is 26.0 Å². The summed E-state index contributed by atoms with van der Waals surface area (Å²) in [5.41, 5.74) is 6.87. The number of amides is 1. The van der Waals surface area contributed by atoms with Crippen LogP contribution in [0.5, 0.6) is 0 Å².